The number of fused-ring (bicyclic) bond motifs is 1. The summed E-state index contributed by atoms with van der Waals surface area (Å²) in [5.41, 5.74) is 0.442. The van der Waals surface area contributed by atoms with Crippen LogP contribution in [0.15, 0.2) is 61.2 Å². The Hall–Kier alpha value is -4.75. The normalized spacial score (nSPS) is 19.8. The molecule has 2 heterocycles. The molecule has 2 unspecified atom stereocenters. The Bertz CT molecular complexity index is 1370. The lowest BCUT2D eigenvalue weighted by Crippen LogP contribution is -2.35. The quantitative estimate of drug-likeness (QED) is 0.0676. The second-order valence-electron chi connectivity index (χ2n) is 10.5. The fraction of sp³-hybridized carbons (Fsp3) is 0.424. The van der Waals surface area contributed by atoms with Crippen LogP contribution in [0.4, 0.5) is 4.79 Å². The van der Waals surface area contributed by atoms with Gasteiger partial charge in [0.25, 0.3) is 0 Å². The zero-order valence-electron chi connectivity index (χ0n) is 25.4. The third-order valence-electron chi connectivity index (χ3n) is 7.05. The fourth-order valence-electron chi connectivity index (χ4n) is 4.78. The maximum Gasteiger partial charge on any atom is 0.513 e. The van der Waals surface area contributed by atoms with Crippen LogP contribution in [-0.4, -0.2) is 80.9 Å². The Morgan fingerprint density at radius 2 is 1.20 bits per heavy atom. The second kappa shape index (κ2) is 17.1. The van der Waals surface area contributed by atoms with Gasteiger partial charge in [0.2, 0.25) is 0 Å². The van der Waals surface area contributed by atoms with Gasteiger partial charge in [0.05, 0.1) is 37.6 Å². The zero-order chi connectivity index (χ0) is 32.9. The molecule has 0 radical (unpaired) electrons. The van der Waals surface area contributed by atoms with Crippen molar-refractivity contribution in [2.45, 2.75) is 63.4 Å². The Morgan fingerprint density at radius 1 is 0.696 bits per heavy atom. The lowest BCUT2D eigenvalue weighted by molar-refractivity contribution is -0.151. The molecule has 0 bridgehead atoms. The first-order chi connectivity index (χ1) is 22.2. The van der Waals surface area contributed by atoms with Gasteiger partial charge in [0, 0.05) is 13.0 Å². The van der Waals surface area contributed by atoms with Crippen molar-refractivity contribution >= 4 is 30.0 Å². The molecule has 0 aromatic heterocycles. The number of unbranched alkanes of at least 4 members (excludes halogenated alkanes) is 4. The van der Waals surface area contributed by atoms with Crippen LogP contribution in [0.1, 0.15) is 59.7 Å². The van der Waals surface area contributed by atoms with Crippen molar-refractivity contribution in [3.63, 3.8) is 0 Å². The van der Waals surface area contributed by atoms with Crippen LogP contribution in [0, 0.1) is 0 Å². The summed E-state index contributed by atoms with van der Waals surface area (Å²) in [6, 6.07) is 11.6. The number of esters is 4. The van der Waals surface area contributed by atoms with Gasteiger partial charge in [0.15, 0.2) is 12.2 Å². The highest BCUT2D eigenvalue weighted by atomic mass is 16.7. The summed E-state index contributed by atoms with van der Waals surface area (Å²) in [6.45, 7) is 5.47. The van der Waals surface area contributed by atoms with Crippen molar-refractivity contribution in [1.29, 1.82) is 0 Å². The second-order valence-corrected chi connectivity index (χ2v) is 10.5. The van der Waals surface area contributed by atoms with E-state index < -0.39 is 54.4 Å². The molecular weight excluding hydrogens is 604 g/mol. The molecule has 0 N–H and O–H groups in total. The monoisotopic (exact) mass is 640 g/mol. The molecular formula is C33H36O13. The average molecular weight is 641 g/mol. The number of ether oxygens (including phenoxy) is 8. The summed E-state index contributed by atoms with van der Waals surface area (Å²) in [4.78, 5) is 59.4. The van der Waals surface area contributed by atoms with Crippen molar-refractivity contribution in [3.05, 3.63) is 72.3 Å². The van der Waals surface area contributed by atoms with E-state index in [1.165, 1.54) is 55.5 Å². The third-order valence-corrected chi connectivity index (χ3v) is 7.05. The van der Waals surface area contributed by atoms with Gasteiger partial charge < -0.3 is 37.9 Å². The van der Waals surface area contributed by atoms with E-state index in [0.717, 1.165) is 31.8 Å². The molecule has 4 atom stereocenters. The molecule has 2 fully saturated rings. The van der Waals surface area contributed by atoms with Crippen molar-refractivity contribution in [2.75, 3.05) is 26.4 Å². The molecule has 4 rings (SSSR count). The average Bonchev–Trinajstić information content (AvgIpc) is 3.63. The number of hydrogen-bond donors (Lipinski definition) is 0. The maximum absolute atomic E-state index is 12.7. The van der Waals surface area contributed by atoms with Gasteiger partial charge in [-0.15, -0.1) is 0 Å². The SMILES string of the molecule is C=CC(=O)OCCCCCCCOC(=O)Oc1ccc(C(=O)Oc2ccc(C(=O)O[C@H]3COC4C3OC[C@@H]4OC(C)=O)cc2)cc1. The van der Waals surface area contributed by atoms with Crippen molar-refractivity contribution in [2.24, 2.45) is 0 Å². The molecule has 0 aliphatic carbocycles. The molecule has 13 nitrogen and oxygen atoms in total. The van der Waals surface area contributed by atoms with Crippen molar-refractivity contribution in [1.82, 2.24) is 0 Å². The van der Waals surface area contributed by atoms with E-state index in [4.69, 9.17) is 37.9 Å². The van der Waals surface area contributed by atoms with Gasteiger partial charge in [-0.2, -0.15) is 0 Å². The molecule has 0 amide bonds. The smallest absolute Gasteiger partial charge is 0.463 e. The standard InChI is InChI=1S/C33H36O13/c1-3-28(35)39-17-7-5-4-6-8-18-40-33(38)45-25-15-11-22(12-16-25)31(36)44-24-13-9-23(10-14-24)32(37)46-27-20-42-29-26(43-21(2)34)19-41-30(27)29/h3,9-16,26-27,29-30H,1,4-8,17-20H2,2H3/t26-,27-,29?,30?/m0/s1. The predicted octanol–water partition coefficient (Wildman–Crippen LogP) is 4.36. The highest BCUT2D eigenvalue weighted by Crippen LogP contribution is 2.31. The molecule has 0 spiro atoms. The van der Waals surface area contributed by atoms with Gasteiger partial charge in [-0.25, -0.2) is 19.2 Å². The third kappa shape index (κ3) is 10.1. The largest absolute Gasteiger partial charge is 0.513 e. The Labute approximate surface area is 265 Å². The Balaban J connectivity index is 1.13. The van der Waals surface area contributed by atoms with Crippen LogP contribution >= 0.6 is 0 Å². The molecule has 246 valence electrons. The molecule has 0 saturated carbocycles. The predicted molar refractivity (Wildman–Crippen MR) is 158 cm³/mol. The van der Waals surface area contributed by atoms with Crippen LogP contribution in [0.25, 0.3) is 0 Å². The van der Waals surface area contributed by atoms with E-state index in [1.807, 2.05) is 0 Å². The molecule has 2 aliphatic heterocycles. The minimum Gasteiger partial charge on any atom is -0.463 e. The van der Waals surface area contributed by atoms with Crippen LogP contribution in [0.2, 0.25) is 0 Å². The Kier molecular flexibility index (Phi) is 12.7. The number of carbonyl (C=O) groups is 5. The van der Waals surface area contributed by atoms with Crippen molar-refractivity contribution < 1.29 is 61.9 Å². The lowest BCUT2D eigenvalue weighted by atomic mass is 10.1. The first-order valence-corrected chi connectivity index (χ1v) is 14.9. The van der Waals surface area contributed by atoms with Crippen LogP contribution < -0.4 is 9.47 Å². The minimum atomic E-state index is -0.854. The van der Waals surface area contributed by atoms with E-state index in [9.17, 15) is 24.0 Å². The van der Waals surface area contributed by atoms with Crippen LogP contribution in [0.5, 0.6) is 11.5 Å². The molecule has 2 aliphatic rings. The topological polar surface area (TPSA) is 159 Å². The number of rotatable bonds is 15. The lowest BCUT2D eigenvalue weighted by Gasteiger charge is -2.17. The summed E-state index contributed by atoms with van der Waals surface area (Å²) in [7, 11) is 0. The van der Waals surface area contributed by atoms with Crippen molar-refractivity contribution in [3.8, 4) is 11.5 Å². The summed E-state index contributed by atoms with van der Waals surface area (Å²) in [6.07, 6.45) is 2.10. The summed E-state index contributed by atoms with van der Waals surface area (Å²) in [5, 5.41) is 0. The first kappa shape index (κ1) is 34.1. The van der Waals surface area contributed by atoms with E-state index in [1.54, 1.807) is 0 Å². The van der Waals surface area contributed by atoms with E-state index >= 15 is 0 Å². The number of hydrogen-bond acceptors (Lipinski definition) is 13. The van der Waals surface area contributed by atoms with Gasteiger partial charge in [0.1, 0.15) is 23.7 Å². The fourth-order valence-corrected chi connectivity index (χ4v) is 4.78. The summed E-state index contributed by atoms with van der Waals surface area (Å²) in [5.74, 6) is -1.74. The van der Waals surface area contributed by atoms with E-state index in [-0.39, 0.29) is 42.4 Å². The maximum atomic E-state index is 12.7. The van der Waals surface area contributed by atoms with E-state index in [2.05, 4.69) is 6.58 Å². The van der Waals surface area contributed by atoms with Crippen LogP contribution in [-0.2, 0) is 38.0 Å². The minimum absolute atomic E-state index is 0.111. The zero-order valence-corrected chi connectivity index (χ0v) is 25.4. The molecule has 2 aromatic rings. The van der Waals surface area contributed by atoms with Gasteiger partial charge in [-0.05, 0) is 61.4 Å². The molecule has 2 saturated heterocycles. The van der Waals surface area contributed by atoms with Crippen LogP contribution in [0.3, 0.4) is 0 Å². The molecule has 2 aromatic carbocycles. The van der Waals surface area contributed by atoms with Gasteiger partial charge >= 0.3 is 30.0 Å². The molecule has 13 heteroatoms. The number of benzene rings is 2. The Morgan fingerprint density at radius 3 is 1.76 bits per heavy atom. The summed E-state index contributed by atoms with van der Waals surface area (Å²) < 4.78 is 42.5. The number of carbonyl (C=O) groups excluding carboxylic acids is 5. The van der Waals surface area contributed by atoms with E-state index in [0.29, 0.717) is 13.0 Å². The highest BCUT2D eigenvalue weighted by Gasteiger charge is 2.51. The highest BCUT2D eigenvalue weighted by molar-refractivity contribution is 5.92. The van der Waals surface area contributed by atoms with Gasteiger partial charge in [-0.3, -0.25) is 4.79 Å². The van der Waals surface area contributed by atoms with Gasteiger partial charge in [-0.1, -0.05) is 25.8 Å². The summed E-state index contributed by atoms with van der Waals surface area (Å²) >= 11 is 0. The molecule has 46 heavy (non-hydrogen) atoms. The first-order valence-electron chi connectivity index (χ1n) is 14.9.